The number of carbonyl (C=O) groups is 3. The van der Waals surface area contributed by atoms with Crippen molar-refractivity contribution >= 4 is 29.3 Å². The van der Waals surface area contributed by atoms with E-state index in [4.69, 9.17) is 14.3 Å². The van der Waals surface area contributed by atoms with E-state index in [2.05, 4.69) is 53.8 Å². The van der Waals surface area contributed by atoms with E-state index in [1.54, 1.807) is 31.2 Å². The molecule has 4 fully saturated rings. The molecule has 1 aliphatic heterocycles. The largest absolute Gasteiger partial charge is 0.496 e. The number of carbonyl (C=O) groups excluding carboxylic acids is 3. The van der Waals surface area contributed by atoms with Gasteiger partial charge in [0.05, 0.1) is 26.2 Å². The molecule has 1 saturated heterocycles. The second kappa shape index (κ2) is 20.4. The molecule has 65 heavy (non-hydrogen) atoms. The van der Waals surface area contributed by atoms with Crippen LogP contribution in [0.2, 0.25) is 0 Å². The van der Waals surface area contributed by atoms with Crippen LogP contribution in [0.5, 0.6) is 5.75 Å². The Labute approximate surface area is 384 Å². The number of nitrogens with one attached hydrogen (secondary N) is 3. The van der Waals surface area contributed by atoms with Crippen LogP contribution in [0.1, 0.15) is 62.0 Å². The van der Waals surface area contributed by atoms with Crippen molar-refractivity contribution in [3.63, 3.8) is 0 Å². The Morgan fingerprint density at radius 3 is 2.28 bits per heavy atom. The fraction of sp³-hybridized carbons (Fsp3) is 0.481. The Bertz CT molecular complexity index is 2270. The first-order chi connectivity index (χ1) is 31.1. The van der Waals surface area contributed by atoms with Crippen LogP contribution in [0.15, 0.2) is 97.1 Å². The first-order valence-corrected chi connectivity index (χ1v) is 22.9. The number of hydrogen-bond donors (Lipinski definition) is 4. The smallest absolute Gasteiger partial charge is 0.411 e. The van der Waals surface area contributed by atoms with E-state index >= 15 is 0 Å². The molecule has 348 valence electrons. The SMILES string of the molecule is COc1c(CN2O[C@@H](CO)[C@@H]([C@H](C)OC(=O)Nc3ccccc3)[C@H]2C(=O)N[C@H]2C[C@H]3C[C@@H]([C@@H]2C)C3(C)C)cccc1-c1cc(C(=O)N[C@@H](Cc2ccccc2)CN(C)C)cc(N(C)C)c1. The molecule has 1 heterocycles. The minimum atomic E-state index is -0.933. The second-order valence-corrected chi connectivity index (χ2v) is 19.4. The molecular weight excluding hydrogens is 821 g/mol. The summed E-state index contributed by atoms with van der Waals surface area (Å²) in [6.45, 7) is 8.99. The van der Waals surface area contributed by atoms with Crippen molar-refractivity contribution in [3.8, 4) is 16.9 Å². The van der Waals surface area contributed by atoms with Gasteiger partial charge in [-0.15, -0.1) is 0 Å². The number of fused-ring (bicyclic) bond motifs is 2. The van der Waals surface area contributed by atoms with Crippen LogP contribution < -0.4 is 25.6 Å². The van der Waals surface area contributed by atoms with Gasteiger partial charge in [-0.1, -0.05) is 87.5 Å². The van der Waals surface area contributed by atoms with Crippen LogP contribution in [0, 0.1) is 29.1 Å². The molecule has 0 radical (unpaired) electrons. The summed E-state index contributed by atoms with van der Waals surface area (Å²) >= 11 is 0. The number of hydroxylamine groups is 2. The molecule has 2 bridgehead atoms. The highest BCUT2D eigenvalue weighted by atomic mass is 16.7. The van der Waals surface area contributed by atoms with Gasteiger partial charge in [-0.05, 0) is 105 Å². The van der Waals surface area contributed by atoms with E-state index < -0.39 is 36.9 Å². The number of ether oxygens (including phenoxy) is 2. The number of benzene rings is 4. The fourth-order valence-corrected chi connectivity index (χ4v) is 10.7. The zero-order valence-electron chi connectivity index (χ0n) is 39.4. The summed E-state index contributed by atoms with van der Waals surface area (Å²) in [5, 5.41) is 21.9. The van der Waals surface area contributed by atoms with Crippen LogP contribution >= 0.6 is 0 Å². The predicted molar refractivity (Wildman–Crippen MR) is 255 cm³/mol. The van der Waals surface area contributed by atoms with Crippen LogP contribution in [0.3, 0.4) is 0 Å². The van der Waals surface area contributed by atoms with E-state index in [9.17, 15) is 19.5 Å². The number of para-hydroxylation sites is 2. The lowest BCUT2D eigenvalue weighted by atomic mass is 9.45. The molecule has 8 rings (SSSR count). The van der Waals surface area contributed by atoms with Crippen molar-refractivity contribution in [1.82, 2.24) is 20.6 Å². The molecule has 4 N–H and O–H groups in total. The summed E-state index contributed by atoms with van der Waals surface area (Å²) in [5.74, 6) is 0.693. The van der Waals surface area contributed by atoms with Gasteiger partial charge in [0.15, 0.2) is 0 Å². The van der Waals surface area contributed by atoms with Gasteiger partial charge < -0.3 is 35.0 Å². The van der Waals surface area contributed by atoms with Crippen molar-refractivity contribution in [2.24, 2.45) is 29.1 Å². The maximum atomic E-state index is 14.8. The minimum absolute atomic E-state index is 0.0303. The second-order valence-electron chi connectivity index (χ2n) is 19.4. The number of methoxy groups -OCH3 is 1. The van der Waals surface area contributed by atoms with Crippen molar-refractivity contribution < 1.29 is 33.8 Å². The van der Waals surface area contributed by atoms with Gasteiger partial charge in [-0.3, -0.25) is 19.7 Å². The molecule has 3 amide bonds. The van der Waals surface area contributed by atoms with E-state index in [0.29, 0.717) is 41.8 Å². The first kappa shape index (κ1) is 47.5. The number of aliphatic hydroxyl groups excluding tert-OH is 1. The van der Waals surface area contributed by atoms with E-state index in [1.165, 1.54) is 6.42 Å². The summed E-state index contributed by atoms with van der Waals surface area (Å²) in [5.41, 5.74) is 5.53. The van der Waals surface area contributed by atoms with E-state index in [-0.39, 0.29) is 41.8 Å². The third-order valence-corrected chi connectivity index (χ3v) is 14.2. The third-order valence-electron chi connectivity index (χ3n) is 14.2. The standard InChI is InChI=1S/C52H68N6O7/c1-32-43-27-38(52(43,3)4)28-44(32)55-50(61)47-46(33(2)64-51(62)54-39-20-14-11-15-21-39)45(31-59)65-58(47)29-35-19-16-22-42(48(35)63-9)36-24-37(26-41(25-36)57(7)8)49(60)53-40(30-56(5)6)23-34-17-12-10-13-18-34/h10-22,24-26,32-33,38,40,43-47,59H,23,27-31H2,1-9H3,(H,53,60)(H,54,62)(H,55,61)/t32-,33-,38+,40-,43-,44-,45-,46+,47-/m0/s1. The number of aliphatic hydroxyl groups is 1. The average Bonchev–Trinajstić information content (AvgIpc) is 3.65. The summed E-state index contributed by atoms with van der Waals surface area (Å²) in [6, 6.07) is 29.7. The summed E-state index contributed by atoms with van der Waals surface area (Å²) in [6.07, 6.45) is 0.375. The lowest BCUT2D eigenvalue weighted by Crippen LogP contribution is -2.62. The monoisotopic (exact) mass is 889 g/mol. The van der Waals surface area contributed by atoms with Crippen molar-refractivity contribution in [1.29, 1.82) is 0 Å². The number of anilines is 2. The zero-order valence-corrected chi connectivity index (χ0v) is 39.4. The molecule has 0 spiro atoms. The van der Waals surface area contributed by atoms with Gasteiger partial charge in [0, 0.05) is 60.8 Å². The third kappa shape index (κ3) is 10.6. The highest BCUT2D eigenvalue weighted by molar-refractivity contribution is 5.97. The van der Waals surface area contributed by atoms with Gasteiger partial charge in [0.25, 0.3) is 5.91 Å². The zero-order chi connectivity index (χ0) is 46.6. The lowest BCUT2D eigenvalue weighted by Gasteiger charge is -2.62. The predicted octanol–water partition coefficient (Wildman–Crippen LogP) is 7.25. The maximum Gasteiger partial charge on any atom is 0.411 e. The number of likely N-dealkylation sites (N-methyl/N-ethyl adjacent to an activating group) is 1. The molecule has 9 atom stereocenters. The van der Waals surface area contributed by atoms with Crippen molar-refractivity contribution in [3.05, 3.63) is 114 Å². The summed E-state index contributed by atoms with van der Waals surface area (Å²) in [4.78, 5) is 52.8. The van der Waals surface area contributed by atoms with Gasteiger partial charge in [-0.2, -0.15) is 5.06 Å². The number of amides is 3. The highest BCUT2D eigenvalue weighted by Crippen LogP contribution is 2.61. The van der Waals surface area contributed by atoms with Gasteiger partial charge in [0.2, 0.25) is 5.91 Å². The number of hydrogen-bond acceptors (Lipinski definition) is 10. The molecule has 0 unspecified atom stereocenters. The molecular formula is C52H68N6O7. The molecule has 3 saturated carbocycles. The Morgan fingerprint density at radius 2 is 1.65 bits per heavy atom. The van der Waals surface area contributed by atoms with Crippen LogP contribution in [0.25, 0.3) is 11.1 Å². The Kier molecular flexibility index (Phi) is 14.9. The van der Waals surface area contributed by atoms with Gasteiger partial charge in [-0.25, -0.2) is 4.79 Å². The van der Waals surface area contributed by atoms with Crippen molar-refractivity contribution in [2.45, 2.75) is 83.8 Å². The van der Waals surface area contributed by atoms with Gasteiger partial charge in [0.1, 0.15) is 24.0 Å². The molecule has 4 aromatic rings. The van der Waals surface area contributed by atoms with Crippen LogP contribution in [-0.4, -0.2) is 112 Å². The van der Waals surface area contributed by atoms with E-state index in [0.717, 1.165) is 34.4 Å². The average molecular weight is 889 g/mol. The quantitative estimate of drug-likeness (QED) is 0.0857. The highest BCUT2D eigenvalue weighted by Gasteiger charge is 2.57. The molecule has 4 aromatic carbocycles. The molecule has 13 nitrogen and oxygen atoms in total. The summed E-state index contributed by atoms with van der Waals surface area (Å²) < 4.78 is 12.1. The maximum absolute atomic E-state index is 14.8. The fourth-order valence-electron chi connectivity index (χ4n) is 10.7. The number of nitrogens with zero attached hydrogens (tertiary/aromatic N) is 3. The van der Waals surface area contributed by atoms with E-state index in [1.807, 2.05) is 106 Å². The Hall–Kier alpha value is -5.47. The Morgan fingerprint density at radius 1 is 0.938 bits per heavy atom. The molecule has 4 aliphatic rings. The van der Waals surface area contributed by atoms with Crippen molar-refractivity contribution in [2.75, 3.05) is 58.7 Å². The lowest BCUT2D eigenvalue weighted by molar-refractivity contribution is -0.183. The van der Waals surface area contributed by atoms with Gasteiger partial charge >= 0.3 is 6.09 Å². The van der Waals surface area contributed by atoms with Crippen LogP contribution in [0.4, 0.5) is 16.2 Å². The molecule has 0 aromatic heterocycles. The topological polar surface area (TPSA) is 145 Å². The summed E-state index contributed by atoms with van der Waals surface area (Å²) in [7, 11) is 9.49. The first-order valence-electron chi connectivity index (χ1n) is 22.9. The van der Waals surface area contributed by atoms with Crippen LogP contribution in [-0.2, 0) is 27.3 Å². The minimum Gasteiger partial charge on any atom is -0.496 e. The molecule has 13 heteroatoms. The molecule has 3 aliphatic carbocycles. The number of rotatable bonds is 17. The Balaban J connectivity index is 1.18. The normalized spacial score (nSPS) is 24.3.